The third-order valence-corrected chi connectivity index (χ3v) is 7.06. The lowest BCUT2D eigenvalue weighted by Crippen LogP contribution is -2.37. The van der Waals surface area contributed by atoms with Gasteiger partial charge in [-0.3, -0.25) is 4.79 Å². The number of rotatable bonds is 3. The fourth-order valence-electron chi connectivity index (χ4n) is 4.90. The Morgan fingerprint density at radius 3 is 2.70 bits per heavy atom. The lowest BCUT2D eigenvalue weighted by atomic mass is 9.85. The van der Waals surface area contributed by atoms with Gasteiger partial charge in [-0.2, -0.15) is 0 Å². The molecule has 1 aromatic heterocycles. The smallest absolute Gasteiger partial charge is 0.193 e. The van der Waals surface area contributed by atoms with Crippen LogP contribution in [0.1, 0.15) is 53.1 Å². The van der Waals surface area contributed by atoms with Gasteiger partial charge in [0.2, 0.25) is 0 Å². The van der Waals surface area contributed by atoms with Crippen molar-refractivity contribution in [3.8, 4) is 0 Å². The van der Waals surface area contributed by atoms with Crippen molar-refractivity contribution in [3.05, 3.63) is 68.9 Å². The molecule has 0 radical (unpaired) electrons. The molecule has 2 saturated heterocycles. The van der Waals surface area contributed by atoms with Crippen LogP contribution in [0.25, 0.3) is 10.9 Å². The molecular weight excluding hydrogens is 447 g/mol. The molecule has 3 heterocycles. The van der Waals surface area contributed by atoms with E-state index in [1.165, 1.54) is 49.7 Å². The quantitative estimate of drug-likeness (QED) is 0.414. The van der Waals surface area contributed by atoms with Crippen molar-refractivity contribution in [2.24, 2.45) is 0 Å². The highest BCUT2D eigenvalue weighted by molar-refractivity contribution is 14.1. The molecule has 2 fully saturated rings. The first-order valence-electron chi connectivity index (χ1n) is 9.84. The molecule has 0 saturated carbocycles. The summed E-state index contributed by atoms with van der Waals surface area (Å²) in [6.07, 6.45) is 7.34. The Morgan fingerprint density at radius 1 is 1.04 bits per heavy atom. The molecule has 2 aromatic carbocycles. The van der Waals surface area contributed by atoms with Crippen molar-refractivity contribution in [1.82, 2.24) is 9.88 Å². The third-order valence-electron chi connectivity index (χ3n) is 6.34. The molecule has 5 rings (SSSR count). The van der Waals surface area contributed by atoms with Gasteiger partial charge in [0.05, 0.1) is 0 Å². The molecule has 2 unspecified atom stereocenters. The second-order valence-electron chi connectivity index (χ2n) is 7.89. The lowest BCUT2D eigenvalue weighted by molar-refractivity contribution is 0.103. The summed E-state index contributed by atoms with van der Waals surface area (Å²) in [7, 11) is 0. The summed E-state index contributed by atoms with van der Waals surface area (Å²) in [6.45, 7) is 2.49. The zero-order valence-electron chi connectivity index (χ0n) is 15.2. The first kappa shape index (κ1) is 17.4. The van der Waals surface area contributed by atoms with Crippen molar-refractivity contribution in [3.63, 3.8) is 0 Å². The van der Waals surface area contributed by atoms with Gasteiger partial charge in [0, 0.05) is 37.8 Å². The van der Waals surface area contributed by atoms with E-state index in [1.54, 1.807) is 0 Å². The predicted octanol–water partition coefficient (Wildman–Crippen LogP) is 5.35. The normalized spacial score (nSPS) is 22.9. The zero-order chi connectivity index (χ0) is 18.4. The molecule has 0 spiro atoms. The number of nitrogens with one attached hydrogen (secondary N) is 1. The lowest BCUT2D eigenvalue weighted by Gasteiger charge is -2.34. The first-order valence-corrected chi connectivity index (χ1v) is 10.9. The number of ketones is 1. The molecule has 2 aliphatic rings. The number of carbonyl (C=O) groups excluding carboxylic acids is 1. The Morgan fingerprint density at radius 2 is 1.85 bits per heavy atom. The fourth-order valence-corrected chi connectivity index (χ4v) is 5.26. The zero-order valence-corrected chi connectivity index (χ0v) is 17.4. The second kappa shape index (κ2) is 7.06. The van der Waals surface area contributed by atoms with E-state index in [2.05, 4.69) is 50.8 Å². The summed E-state index contributed by atoms with van der Waals surface area (Å²) in [5.74, 6) is 0.702. The maximum atomic E-state index is 12.9. The molecular formula is C23H23IN2O. The van der Waals surface area contributed by atoms with E-state index in [-0.39, 0.29) is 5.78 Å². The number of hydrogen-bond donors (Lipinski definition) is 1. The number of hydrogen-bond acceptors (Lipinski definition) is 2. The Balaban J connectivity index is 1.47. The highest BCUT2D eigenvalue weighted by Crippen LogP contribution is 2.39. The monoisotopic (exact) mass is 470 g/mol. The molecule has 0 aliphatic carbocycles. The Labute approximate surface area is 173 Å². The minimum absolute atomic E-state index is 0.103. The second-order valence-corrected chi connectivity index (χ2v) is 9.14. The van der Waals surface area contributed by atoms with E-state index >= 15 is 0 Å². The number of nitrogens with zero attached hydrogens (tertiary/aromatic N) is 1. The van der Waals surface area contributed by atoms with Crippen molar-refractivity contribution in [2.45, 2.75) is 37.6 Å². The van der Waals surface area contributed by atoms with Gasteiger partial charge in [-0.05, 0) is 115 Å². The van der Waals surface area contributed by atoms with E-state index in [0.29, 0.717) is 5.92 Å². The molecule has 3 aromatic rings. The number of benzene rings is 2. The van der Waals surface area contributed by atoms with Gasteiger partial charge in [-0.25, -0.2) is 0 Å². The maximum Gasteiger partial charge on any atom is 0.193 e. The third kappa shape index (κ3) is 3.23. The standard InChI is InChI=1S/C23H23IN2O/c24-18-6-3-15(4-7-18)23(27)17-5-8-22-20(13-17)21(14-25-22)16-9-11-26-10-1-2-19(26)12-16/h3-8,13-14,16,19,25H,1-2,9-12H2. The number of H-pyrrole nitrogens is 1. The average molecular weight is 470 g/mol. The van der Waals surface area contributed by atoms with Crippen LogP contribution in [-0.4, -0.2) is 34.8 Å². The average Bonchev–Trinajstić information content (AvgIpc) is 3.33. The van der Waals surface area contributed by atoms with Crippen LogP contribution >= 0.6 is 22.6 Å². The number of aromatic amines is 1. The minimum atomic E-state index is 0.103. The van der Waals surface area contributed by atoms with Crippen LogP contribution in [0, 0.1) is 3.57 Å². The van der Waals surface area contributed by atoms with E-state index in [4.69, 9.17) is 0 Å². The summed E-state index contributed by atoms with van der Waals surface area (Å²) < 4.78 is 1.14. The largest absolute Gasteiger partial charge is 0.361 e. The molecule has 3 nitrogen and oxygen atoms in total. The predicted molar refractivity (Wildman–Crippen MR) is 117 cm³/mol. The Kier molecular flexibility index (Phi) is 4.56. The van der Waals surface area contributed by atoms with Gasteiger partial charge in [-0.15, -0.1) is 0 Å². The number of aromatic nitrogens is 1. The van der Waals surface area contributed by atoms with Gasteiger partial charge in [0.25, 0.3) is 0 Å². The summed E-state index contributed by atoms with van der Waals surface area (Å²) in [4.78, 5) is 19.0. The van der Waals surface area contributed by atoms with Gasteiger partial charge in [0.1, 0.15) is 0 Å². The van der Waals surface area contributed by atoms with Gasteiger partial charge in [-0.1, -0.05) is 0 Å². The molecule has 27 heavy (non-hydrogen) atoms. The number of piperidine rings is 1. The molecule has 0 bridgehead atoms. The summed E-state index contributed by atoms with van der Waals surface area (Å²) in [5, 5.41) is 1.22. The molecule has 138 valence electrons. The van der Waals surface area contributed by atoms with E-state index in [9.17, 15) is 4.79 Å². The van der Waals surface area contributed by atoms with Crippen LogP contribution in [0.5, 0.6) is 0 Å². The number of halogens is 1. The minimum Gasteiger partial charge on any atom is -0.361 e. The van der Waals surface area contributed by atoms with Crippen LogP contribution < -0.4 is 0 Å². The van der Waals surface area contributed by atoms with Crippen LogP contribution in [0.15, 0.2) is 48.7 Å². The van der Waals surface area contributed by atoms with Gasteiger partial charge < -0.3 is 9.88 Å². The van der Waals surface area contributed by atoms with Gasteiger partial charge >= 0.3 is 0 Å². The van der Waals surface area contributed by atoms with Crippen molar-refractivity contribution >= 4 is 39.3 Å². The fraction of sp³-hybridized carbons (Fsp3) is 0.348. The molecule has 4 heteroatoms. The maximum absolute atomic E-state index is 12.9. The highest BCUT2D eigenvalue weighted by atomic mass is 127. The van der Waals surface area contributed by atoms with Gasteiger partial charge in [0.15, 0.2) is 5.78 Å². The van der Waals surface area contributed by atoms with E-state index in [0.717, 1.165) is 26.3 Å². The van der Waals surface area contributed by atoms with E-state index < -0.39 is 0 Å². The SMILES string of the molecule is O=C(c1ccc(I)cc1)c1ccc2[nH]cc(C3CCN4CCCC4C3)c2c1. The van der Waals surface area contributed by atoms with Crippen molar-refractivity contribution < 1.29 is 4.79 Å². The van der Waals surface area contributed by atoms with Crippen molar-refractivity contribution in [1.29, 1.82) is 0 Å². The topological polar surface area (TPSA) is 36.1 Å². The molecule has 0 amide bonds. The Bertz CT molecular complexity index is 991. The molecule has 2 atom stereocenters. The van der Waals surface area contributed by atoms with Crippen molar-refractivity contribution in [2.75, 3.05) is 13.1 Å². The summed E-state index contributed by atoms with van der Waals surface area (Å²) in [5.41, 5.74) is 4.07. The van der Waals surface area contributed by atoms with Crippen LogP contribution in [0.4, 0.5) is 0 Å². The summed E-state index contributed by atoms with van der Waals surface area (Å²) >= 11 is 2.27. The van der Waals surface area contributed by atoms with Crippen LogP contribution in [-0.2, 0) is 0 Å². The highest BCUT2D eigenvalue weighted by Gasteiger charge is 2.33. The van der Waals surface area contributed by atoms with Crippen LogP contribution in [0.2, 0.25) is 0 Å². The number of fused-ring (bicyclic) bond motifs is 2. The molecule has 1 N–H and O–H groups in total. The van der Waals surface area contributed by atoms with Crippen LogP contribution in [0.3, 0.4) is 0 Å². The first-order chi connectivity index (χ1) is 13.2. The molecule has 2 aliphatic heterocycles. The Hall–Kier alpha value is -1.66. The van der Waals surface area contributed by atoms with E-state index in [1.807, 2.05) is 30.3 Å². The number of carbonyl (C=O) groups is 1. The summed E-state index contributed by atoms with van der Waals surface area (Å²) in [6, 6.07) is 14.7.